The highest BCUT2D eigenvalue weighted by molar-refractivity contribution is 5.91. The number of carbonyl (C=O) groups excluding carboxylic acids is 1. The number of benzene rings is 1. The molecule has 4 aromatic heterocycles. The SMILES string of the molecule is COC(=O)c1cccc(-c2ccc(C=Nc3oc(-c4ccco4)c(-c4ccco4)c3C#N)o2)c1. The molecule has 4 heterocycles. The predicted molar refractivity (Wildman–Crippen MR) is 122 cm³/mol. The molecule has 0 aliphatic carbocycles. The Morgan fingerprint density at radius 1 is 0.971 bits per heavy atom. The first-order valence-corrected chi connectivity index (χ1v) is 10.1. The van der Waals surface area contributed by atoms with Crippen LogP contribution in [-0.4, -0.2) is 19.3 Å². The standard InChI is InChI=1S/C26H16N2O6/c1-30-26(29)17-6-2-5-16(13-17)20-10-9-18(33-20)15-28-25-19(14-27)23(21-7-3-11-31-21)24(34-25)22-8-4-12-32-22/h2-13,15H,1H3. The van der Waals surface area contributed by atoms with Gasteiger partial charge in [0.05, 0.1) is 37.0 Å². The molecule has 0 atom stereocenters. The molecule has 5 rings (SSSR count). The molecule has 0 saturated heterocycles. The third kappa shape index (κ3) is 3.82. The van der Waals surface area contributed by atoms with Gasteiger partial charge < -0.3 is 22.4 Å². The molecule has 0 amide bonds. The molecule has 0 aliphatic heterocycles. The molecule has 166 valence electrons. The summed E-state index contributed by atoms with van der Waals surface area (Å²) in [6.45, 7) is 0. The molecular weight excluding hydrogens is 436 g/mol. The monoisotopic (exact) mass is 452 g/mol. The quantitative estimate of drug-likeness (QED) is 0.214. The molecule has 1 aromatic carbocycles. The fourth-order valence-electron chi connectivity index (χ4n) is 3.47. The van der Waals surface area contributed by atoms with Crippen molar-refractivity contribution in [3.05, 3.63) is 90.1 Å². The van der Waals surface area contributed by atoms with Gasteiger partial charge in [-0.25, -0.2) is 9.79 Å². The van der Waals surface area contributed by atoms with Crippen LogP contribution in [0.4, 0.5) is 5.88 Å². The molecule has 0 aliphatic rings. The summed E-state index contributed by atoms with van der Waals surface area (Å²) in [5.41, 5.74) is 1.78. The van der Waals surface area contributed by atoms with Crippen molar-refractivity contribution in [2.24, 2.45) is 4.99 Å². The van der Waals surface area contributed by atoms with Crippen LogP contribution in [0.25, 0.3) is 34.2 Å². The molecule has 8 heteroatoms. The van der Waals surface area contributed by atoms with E-state index in [-0.39, 0.29) is 11.4 Å². The summed E-state index contributed by atoms with van der Waals surface area (Å²) in [7, 11) is 1.33. The minimum Gasteiger partial charge on any atom is -0.465 e. The van der Waals surface area contributed by atoms with E-state index >= 15 is 0 Å². The van der Waals surface area contributed by atoms with E-state index in [4.69, 9.17) is 22.4 Å². The van der Waals surface area contributed by atoms with E-state index in [2.05, 4.69) is 11.1 Å². The normalized spacial score (nSPS) is 11.1. The number of hydrogen-bond acceptors (Lipinski definition) is 8. The van der Waals surface area contributed by atoms with Crippen molar-refractivity contribution < 1.29 is 27.2 Å². The van der Waals surface area contributed by atoms with Gasteiger partial charge in [0, 0.05) is 5.56 Å². The van der Waals surface area contributed by atoms with E-state index in [1.807, 2.05) is 6.07 Å². The van der Waals surface area contributed by atoms with Crippen molar-refractivity contribution in [3.8, 4) is 40.2 Å². The Labute approximate surface area is 193 Å². The van der Waals surface area contributed by atoms with Crippen molar-refractivity contribution >= 4 is 18.1 Å². The van der Waals surface area contributed by atoms with E-state index in [9.17, 15) is 10.1 Å². The number of ether oxygens (including phenoxy) is 1. The minimum absolute atomic E-state index is 0.0888. The molecule has 0 unspecified atom stereocenters. The van der Waals surface area contributed by atoms with Crippen LogP contribution in [0.1, 0.15) is 21.7 Å². The lowest BCUT2D eigenvalue weighted by molar-refractivity contribution is 0.0601. The zero-order valence-electron chi connectivity index (χ0n) is 17.8. The van der Waals surface area contributed by atoms with Crippen LogP contribution in [0.2, 0.25) is 0 Å². The summed E-state index contributed by atoms with van der Waals surface area (Å²) in [6.07, 6.45) is 4.47. The second-order valence-electron chi connectivity index (χ2n) is 7.09. The maximum Gasteiger partial charge on any atom is 0.337 e. The smallest absolute Gasteiger partial charge is 0.337 e. The van der Waals surface area contributed by atoms with Crippen LogP contribution in [0, 0.1) is 11.3 Å². The van der Waals surface area contributed by atoms with Crippen molar-refractivity contribution in [2.45, 2.75) is 0 Å². The average molecular weight is 452 g/mol. The Balaban J connectivity index is 1.49. The zero-order chi connectivity index (χ0) is 23.5. The Kier molecular flexibility index (Phi) is 5.42. The molecule has 5 aromatic rings. The van der Waals surface area contributed by atoms with Crippen LogP contribution < -0.4 is 0 Å². The number of rotatable bonds is 6. The van der Waals surface area contributed by atoms with Gasteiger partial charge in [0.15, 0.2) is 11.5 Å². The van der Waals surface area contributed by atoms with Crippen LogP contribution in [0.5, 0.6) is 0 Å². The summed E-state index contributed by atoms with van der Waals surface area (Å²) in [5, 5.41) is 9.83. The number of hydrogen-bond donors (Lipinski definition) is 0. The third-order valence-corrected chi connectivity index (χ3v) is 5.02. The van der Waals surface area contributed by atoms with Gasteiger partial charge in [0.25, 0.3) is 0 Å². The first-order chi connectivity index (χ1) is 16.7. The van der Waals surface area contributed by atoms with Gasteiger partial charge in [0.1, 0.15) is 28.9 Å². The van der Waals surface area contributed by atoms with Crippen LogP contribution in [0.3, 0.4) is 0 Å². The highest BCUT2D eigenvalue weighted by Crippen LogP contribution is 2.42. The summed E-state index contributed by atoms with van der Waals surface area (Å²) in [6, 6.07) is 19.4. The lowest BCUT2D eigenvalue weighted by atomic mass is 10.1. The fourth-order valence-corrected chi connectivity index (χ4v) is 3.47. The van der Waals surface area contributed by atoms with Gasteiger partial charge in [0.2, 0.25) is 5.88 Å². The molecular formula is C26H16N2O6. The molecule has 0 N–H and O–H groups in total. The fraction of sp³-hybridized carbons (Fsp3) is 0.0385. The van der Waals surface area contributed by atoms with Crippen molar-refractivity contribution in [3.63, 3.8) is 0 Å². The largest absolute Gasteiger partial charge is 0.465 e. The van der Waals surface area contributed by atoms with Crippen LogP contribution >= 0.6 is 0 Å². The maximum absolute atomic E-state index is 11.8. The number of carbonyl (C=O) groups is 1. The van der Waals surface area contributed by atoms with E-state index in [1.165, 1.54) is 25.9 Å². The van der Waals surface area contributed by atoms with E-state index in [1.54, 1.807) is 54.6 Å². The molecule has 8 nitrogen and oxygen atoms in total. The molecule has 34 heavy (non-hydrogen) atoms. The summed E-state index contributed by atoms with van der Waals surface area (Å²) < 4.78 is 27.5. The second-order valence-corrected chi connectivity index (χ2v) is 7.09. The molecule has 0 saturated carbocycles. The molecule has 0 fully saturated rings. The van der Waals surface area contributed by atoms with E-state index in [0.29, 0.717) is 45.5 Å². The Morgan fingerprint density at radius 3 is 2.47 bits per heavy atom. The van der Waals surface area contributed by atoms with Gasteiger partial charge in [-0.1, -0.05) is 12.1 Å². The number of nitriles is 1. The third-order valence-electron chi connectivity index (χ3n) is 5.02. The first-order valence-electron chi connectivity index (χ1n) is 10.1. The Hall–Kier alpha value is -5.03. The highest BCUT2D eigenvalue weighted by Gasteiger charge is 2.26. The number of methoxy groups -OCH3 is 1. The Morgan fingerprint density at radius 2 is 1.76 bits per heavy atom. The average Bonchev–Trinajstić information content (AvgIpc) is 3.68. The Bertz CT molecular complexity index is 1510. The summed E-state index contributed by atoms with van der Waals surface area (Å²) in [5.74, 6) is 1.86. The van der Waals surface area contributed by atoms with Crippen LogP contribution in [-0.2, 0) is 4.74 Å². The van der Waals surface area contributed by atoms with Gasteiger partial charge in [-0.2, -0.15) is 5.26 Å². The lowest BCUT2D eigenvalue weighted by Gasteiger charge is -2.01. The molecule has 0 spiro atoms. The van der Waals surface area contributed by atoms with Gasteiger partial charge in [-0.05, 0) is 48.5 Å². The van der Waals surface area contributed by atoms with E-state index < -0.39 is 5.97 Å². The number of aliphatic imine (C=N–C) groups is 1. The first kappa shape index (κ1) is 20.8. The van der Waals surface area contributed by atoms with E-state index in [0.717, 1.165) is 0 Å². The number of esters is 1. The maximum atomic E-state index is 11.8. The lowest BCUT2D eigenvalue weighted by Crippen LogP contribution is -2.00. The number of nitrogens with zero attached hydrogens (tertiary/aromatic N) is 2. The molecule has 0 radical (unpaired) electrons. The van der Waals surface area contributed by atoms with Crippen LogP contribution in [0.15, 0.2) is 95.9 Å². The van der Waals surface area contributed by atoms with Crippen molar-refractivity contribution in [1.82, 2.24) is 0 Å². The summed E-state index contributed by atoms with van der Waals surface area (Å²) in [4.78, 5) is 16.1. The van der Waals surface area contributed by atoms with Crippen molar-refractivity contribution in [2.75, 3.05) is 7.11 Å². The molecule has 0 bridgehead atoms. The second kappa shape index (κ2) is 8.84. The topological polar surface area (TPSA) is 115 Å². The highest BCUT2D eigenvalue weighted by atomic mass is 16.5. The van der Waals surface area contributed by atoms with Gasteiger partial charge in [-0.15, -0.1) is 0 Å². The van der Waals surface area contributed by atoms with Gasteiger partial charge in [-0.3, -0.25) is 0 Å². The van der Waals surface area contributed by atoms with Gasteiger partial charge >= 0.3 is 5.97 Å². The number of furan rings is 4. The minimum atomic E-state index is -0.434. The predicted octanol–water partition coefficient (Wildman–Crippen LogP) is 6.47. The zero-order valence-corrected chi connectivity index (χ0v) is 17.8. The van der Waals surface area contributed by atoms with Crippen molar-refractivity contribution in [1.29, 1.82) is 5.26 Å². The summed E-state index contributed by atoms with van der Waals surface area (Å²) >= 11 is 0.